The van der Waals surface area contributed by atoms with Crippen LogP contribution in [0.1, 0.15) is 13.8 Å². The van der Waals surface area contributed by atoms with Crippen molar-refractivity contribution in [3.63, 3.8) is 0 Å². The van der Waals surface area contributed by atoms with Gasteiger partial charge in [0.25, 0.3) is 5.22 Å². The van der Waals surface area contributed by atoms with Crippen molar-refractivity contribution in [2.75, 3.05) is 11.9 Å². The summed E-state index contributed by atoms with van der Waals surface area (Å²) >= 11 is 1.20. The lowest BCUT2D eigenvalue weighted by Gasteiger charge is -2.13. The van der Waals surface area contributed by atoms with Crippen molar-refractivity contribution < 1.29 is 18.3 Å². The molecule has 0 bridgehead atoms. The first-order chi connectivity index (χ1) is 13.1. The average molecular weight is 386 g/mol. The molecule has 27 heavy (non-hydrogen) atoms. The molecule has 1 atom stereocenters. The highest BCUT2D eigenvalue weighted by Gasteiger charge is 2.19. The monoisotopic (exact) mass is 386 g/mol. The second kappa shape index (κ2) is 8.73. The minimum Gasteiger partial charge on any atom is -0.492 e. The molecule has 0 aliphatic heterocycles. The number of aromatic nitrogens is 1. The highest BCUT2D eigenvalue weighted by Crippen LogP contribution is 2.30. The van der Waals surface area contributed by atoms with Crippen LogP contribution in [0.2, 0.25) is 0 Å². The summed E-state index contributed by atoms with van der Waals surface area (Å²) in [4.78, 5) is 16.7. The first-order valence-electron chi connectivity index (χ1n) is 8.48. The molecule has 1 amide bonds. The van der Waals surface area contributed by atoms with Crippen LogP contribution in [0.4, 0.5) is 10.1 Å². The Kier molecular flexibility index (Phi) is 6.13. The summed E-state index contributed by atoms with van der Waals surface area (Å²) in [7, 11) is 0. The Bertz CT molecular complexity index is 912. The number of nitrogens with one attached hydrogen (secondary N) is 1. The maximum atomic E-state index is 13.0. The number of ether oxygens (including phenoxy) is 1. The number of oxazole rings is 1. The zero-order chi connectivity index (χ0) is 19.2. The smallest absolute Gasteiger partial charge is 0.256 e. The highest BCUT2D eigenvalue weighted by atomic mass is 32.2. The van der Waals surface area contributed by atoms with Gasteiger partial charge in [0.1, 0.15) is 11.6 Å². The molecular weight excluding hydrogens is 367 g/mol. The van der Waals surface area contributed by atoms with Gasteiger partial charge < -0.3 is 14.5 Å². The molecule has 0 saturated heterocycles. The summed E-state index contributed by atoms with van der Waals surface area (Å²) in [5.41, 5.74) is 1.34. The predicted molar refractivity (Wildman–Crippen MR) is 103 cm³/mol. The standard InChI is InChI=1S/C20H19FN2O3S/c1-3-25-17-7-5-4-6-16(17)23-19(24)13(2)27-20-22-12-18(26-20)14-8-10-15(21)11-9-14/h4-13H,3H2,1-2H3,(H,23,24). The number of halogens is 1. The molecule has 0 fully saturated rings. The van der Waals surface area contributed by atoms with E-state index >= 15 is 0 Å². The molecule has 2 aromatic carbocycles. The van der Waals surface area contributed by atoms with Crippen molar-refractivity contribution in [3.8, 4) is 17.1 Å². The number of carbonyl (C=O) groups excluding carboxylic acids is 1. The van der Waals surface area contributed by atoms with E-state index < -0.39 is 5.25 Å². The zero-order valence-corrected chi connectivity index (χ0v) is 15.8. The van der Waals surface area contributed by atoms with Crippen molar-refractivity contribution in [2.24, 2.45) is 0 Å². The number of anilines is 1. The fourth-order valence-electron chi connectivity index (χ4n) is 2.35. The molecule has 1 heterocycles. The minimum absolute atomic E-state index is 0.186. The Balaban J connectivity index is 1.64. The van der Waals surface area contributed by atoms with Gasteiger partial charge in [0.05, 0.1) is 23.7 Å². The van der Waals surface area contributed by atoms with Crippen molar-refractivity contribution in [3.05, 3.63) is 60.5 Å². The van der Waals surface area contributed by atoms with Gasteiger partial charge >= 0.3 is 0 Å². The van der Waals surface area contributed by atoms with Crippen molar-refractivity contribution in [1.29, 1.82) is 0 Å². The average Bonchev–Trinajstić information content (AvgIpc) is 3.12. The van der Waals surface area contributed by atoms with Crippen molar-refractivity contribution in [2.45, 2.75) is 24.3 Å². The number of benzene rings is 2. The number of thioether (sulfide) groups is 1. The molecule has 0 radical (unpaired) electrons. The SMILES string of the molecule is CCOc1ccccc1NC(=O)C(C)Sc1ncc(-c2ccc(F)cc2)o1. The van der Waals surface area contributed by atoms with E-state index in [-0.39, 0.29) is 11.7 Å². The van der Waals surface area contributed by atoms with E-state index in [2.05, 4.69) is 10.3 Å². The lowest BCUT2D eigenvalue weighted by atomic mass is 10.2. The van der Waals surface area contributed by atoms with Gasteiger partial charge in [0, 0.05) is 5.56 Å². The van der Waals surface area contributed by atoms with Gasteiger partial charge in [-0.2, -0.15) is 0 Å². The summed E-state index contributed by atoms with van der Waals surface area (Å²) in [6, 6.07) is 13.2. The van der Waals surface area contributed by atoms with E-state index in [1.54, 1.807) is 37.4 Å². The number of rotatable bonds is 7. The Hall–Kier alpha value is -2.80. The zero-order valence-electron chi connectivity index (χ0n) is 14.9. The van der Waals surface area contributed by atoms with Gasteiger partial charge in [-0.05, 0) is 50.2 Å². The van der Waals surface area contributed by atoms with Gasteiger partial charge in [-0.25, -0.2) is 9.37 Å². The molecule has 3 aromatic rings. The van der Waals surface area contributed by atoms with Crippen LogP contribution < -0.4 is 10.1 Å². The minimum atomic E-state index is -0.431. The molecule has 7 heteroatoms. The van der Waals surface area contributed by atoms with Gasteiger partial charge in [-0.15, -0.1) is 0 Å². The Labute approximate surface area is 160 Å². The molecule has 1 unspecified atom stereocenters. The molecule has 0 spiro atoms. The summed E-state index contributed by atoms with van der Waals surface area (Å²) in [5, 5.41) is 2.80. The molecule has 5 nitrogen and oxygen atoms in total. The van der Waals surface area contributed by atoms with Gasteiger partial charge in [0.15, 0.2) is 5.76 Å². The van der Waals surface area contributed by atoms with E-state index in [0.717, 1.165) is 5.56 Å². The second-order valence-electron chi connectivity index (χ2n) is 5.68. The number of carbonyl (C=O) groups is 1. The molecular formula is C20H19FN2O3S. The van der Waals surface area contributed by atoms with Gasteiger partial charge in [0.2, 0.25) is 5.91 Å². The first kappa shape index (κ1) is 19.0. The van der Waals surface area contributed by atoms with E-state index in [1.165, 1.54) is 23.9 Å². The fraction of sp³-hybridized carbons (Fsp3) is 0.200. The van der Waals surface area contributed by atoms with E-state index in [0.29, 0.717) is 29.0 Å². The van der Waals surface area contributed by atoms with Crippen molar-refractivity contribution in [1.82, 2.24) is 4.98 Å². The summed E-state index contributed by atoms with van der Waals surface area (Å²) in [6.07, 6.45) is 1.56. The van der Waals surface area contributed by atoms with E-state index in [1.807, 2.05) is 19.1 Å². The third-order valence-corrected chi connectivity index (χ3v) is 4.66. The highest BCUT2D eigenvalue weighted by molar-refractivity contribution is 8.00. The maximum absolute atomic E-state index is 13.0. The quantitative estimate of drug-likeness (QED) is 0.579. The van der Waals surface area contributed by atoms with Crippen LogP contribution >= 0.6 is 11.8 Å². The Morgan fingerprint density at radius 2 is 2.00 bits per heavy atom. The summed E-state index contributed by atoms with van der Waals surface area (Å²) in [6.45, 7) is 4.17. The van der Waals surface area contributed by atoms with E-state index in [4.69, 9.17) is 9.15 Å². The third-order valence-electron chi connectivity index (χ3n) is 3.70. The summed E-state index contributed by atoms with van der Waals surface area (Å²) < 4.78 is 24.2. The Morgan fingerprint density at radius 1 is 1.26 bits per heavy atom. The number of nitrogens with zero attached hydrogens (tertiary/aromatic N) is 1. The normalized spacial score (nSPS) is 11.8. The number of hydrogen-bond acceptors (Lipinski definition) is 5. The molecule has 0 aliphatic carbocycles. The number of para-hydroxylation sites is 2. The lowest BCUT2D eigenvalue weighted by Crippen LogP contribution is -2.22. The van der Waals surface area contributed by atoms with Crippen LogP contribution in [0.25, 0.3) is 11.3 Å². The van der Waals surface area contributed by atoms with Crippen molar-refractivity contribution >= 4 is 23.4 Å². The van der Waals surface area contributed by atoms with Crippen LogP contribution in [0.3, 0.4) is 0 Å². The third kappa shape index (κ3) is 4.89. The predicted octanol–water partition coefficient (Wildman–Crippen LogP) is 5.00. The van der Waals surface area contributed by atoms with Crippen LogP contribution in [0.15, 0.2) is 64.4 Å². The Morgan fingerprint density at radius 3 is 2.74 bits per heavy atom. The van der Waals surface area contributed by atoms with Gasteiger partial charge in [-0.3, -0.25) is 4.79 Å². The number of hydrogen-bond donors (Lipinski definition) is 1. The van der Waals surface area contributed by atoms with Crippen LogP contribution in [0, 0.1) is 5.82 Å². The van der Waals surface area contributed by atoms with Gasteiger partial charge in [-0.1, -0.05) is 23.9 Å². The molecule has 1 aromatic heterocycles. The molecule has 140 valence electrons. The van der Waals surface area contributed by atoms with E-state index in [9.17, 15) is 9.18 Å². The fourth-order valence-corrected chi connectivity index (χ4v) is 3.07. The van der Waals surface area contributed by atoms with Crippen LogP contribution in [0.5, 0.6) is 5.75 Å². The van der Waals surface area contributed by atoms with Crippen LogP contribution in [-0.2, 0) is 4.79 Å². The molecule has 3 rings (SSSR count). The second-order valence-corrected chi connectivity index (χ2v) is 6.97. The molecule has 1 N–H and O–H groups in total. The summed E-state index contributed by atoms with van der Waals surface area (Å²) in [5.74, 6) is 0.645. The first-order valence-corrected chi connectivity index (χ1v) is 9.36. The molecule has 0 saturated carbocycles. The van der Waals surface area contributed by atoms with Crippen LogP contribution in [-0.4, -0.2) is 22.7 Å². The maximum Gasteiger partial charge on any atom is 0.256 e. The molecule has 0 aliphatic rings. The number of amides is 1. The largest absolute Gasteiger partial charge is 0.492 e. The lowest BCUT2D eigenvalue weighted by molar-refractivity contribution is -0.115. The topological polar surface area (TPSA) is 64.4 Å².